The van der Waals surface area contributed by atoms with Crippen molar-refractivity contribution in [2.45, 2.75) is 46.1 Å². The minimum Gasteiger partial charge on any atom is -0.306 e. The number of rotatable bonds is 4. The molecule has 2 heteroatoms. The molecule has 1 aromatic carbocycles. The van der Waals surface area contributed by atoms with Crippen molar-refractivity contribution in [2.24, 2.45) is 0 Å². The zero-order valence-electron chi connectivity index (χ0n) is 12.6. The van der Waals surface area contributed by atoms with Gasteiger partial charge in [0.15, 0.2) is 0 Å². The van der Waals surface area contributed by atoms with Crippen molar-refractivity contribution in [1.82, 2.24) is 5.32 Å². The van der Waals surface area contributed by atoms with Gasteiger partial charge in [0.1, 0.15) is 0 Å². The second-order valence-electron chi connectivity index (χ2n) is 5.80. The lowest BCUT2D eigenvalue weighted by molar-refractivity contribution is 0.636. The van der Waals surface area contributed by atoms with Crippen molar-refractivity contribution < 1.29 is 0 Å². The van der Waals surface area contributed by atoms with Crippen molar-refractivity contribution >= 4 is 11.3 Å². The second-order valence-corrected chi connectivity index (χ2v) is 6.97. The van der Waals surface area contributed by atoms with E-state index >= 15 is 0 Å². The topological polar surface area (TPSA) is 12.0 Å². The van der Waals surface area contributed by atoms with Gasteiger partial charge >= 0.3 is 0 Å². The molecule has 1 nitrogen and oxygen atoms in total. The lowest BCUT2D eigenvalue weighted by Gasteiger charge is -2.19. The molecule has 1 aromatic heterocycles. The molecule has 1 heterocycles. The highest BCUT2D eigenvalue weighted by molar-refractivity contribution is 7.12. The fraction of sp³-hybridized carbons (Fsp3) is 0.444. The molecule has 20 heavy (non-hydrogen) atoms. The van der Waals surface area contributed by atoms with Gasteiger partial charge < -0.3 is 5.32 Å². The molecule has 1 atom stereocenters. The van der Waals surface area contributed by atoms with Crippen LogP contribution >= 0.6 is 11.3 Å². The summed E-state index contributed by atoms with van der Waals surface area (Å²) in [6, 6.07) is 9.62. The Kier molecular flexibility index (Phi) is 3.95. The van der Waals surface area contributed by atoms with Crippen molar-refractivity contribution in [3.63, 3.8) is 0 Å². The average molecular weight is 285 g/mol. The van der Waals surface area contributed by atoms with E-state index in [0.29, 0.717) is 6.04 Å². The molecule has 0 spiro atoms. The first-order valence-corrected chi connectivity index (χ1v) is 8.42. The minimum atomic E-state index is 0.358. The molecule has 0 bridgehead atoms. The van der Waals surface area contributed by atoms with Gasteiger partial charge in [-0.05, 0) is 62.4 Å². The number of benzene rings is 1. The van der Waals surface area contributed by atoms with Gasteiger partial charge in [-0.15, -0.1) is 11.3 Å². The Balaban J connectivity index is 1.99. The quantitative estimate of drug-likeness (QED) is 0.869. The average Bonchev–Trinajstić information content (AvgIpc) is 2.97. The highest BCUT2D eigenvalue weighted by Crippen LogP contribution is 2.36. The van der Waals surface area contributed by atoms with Crippen LogP contribution in [-0.2, 0) is 12.8 Å². The van der Waals surface area contributed by atoms with E-state index < -0.39 is 0 Å². The van der Waals surface area contributed by atoms with Gasteiger partial charge in [0, 0.05) is 9.75 Å². The number of fused-ring (bicyclic) bond motifs is 1. The van der Waals surface area contributed by atoms with E-state index in [1.54, 1.807) is 10.4 Å². The highest BCUT2D eigenvalue weighted by Gasteiger charge is 2.21. The molecule has 1 aliphatic carbocycles. The summed E-state index contributed by atoms with van der Waals surface area (Å²) in [5.74, 6) is 0. The van der Waals surface area contributed by atoms with Crippen LogP contribution in [0, 0.1) is 13.8 Å². The first-order chi connectivity index (χ1) is 9.69. The third kappa shape index (κ3) is 2.55. The number of hydrogen-bond donors (Lipinski definition) is 1. The van der Waals surface area contributed by atoms with Crippen LogP contribution in [0.4, 0.5) is 0 Å². The number of aryl methyl sites for hydroxylation is 4. The minimum absolute atomic E-state index is 0.358. The van der Waals surface area contributed by atoms with Crippen LogP contribution in [0.2, 0.25) is 0 Å². The van der Waals surface area contributed by atoms with E-state index in [2.05, 4.69) is 50.4 Å². The maximum atomic E-state index is 3.67. The van der Waals surface area contributed by atoms with Crippen LogP contribution in [-0.4, -0.2) is 6.54 Å². The van der Waals surface area contributed by atoms with Gasteiger partial charge in [0.25, 0.3) is 0 Å². The van der Waals surface area contributed by atoms with Crippen molar-refractivity contribution in [2.75, 3.05) is 6.54 Å². The van der Waals surface area contributed by atoms with Gasteiger partial charge in [-0.3, -0.25) is 0 Å². The maximum Gasteiger partial charge on any atom is 0.0673 e. The predicted molar refractivity (Wildman–Crippen MR) is 87.8 cm³/mol. The first kappa shape index (κ1) is 13.8. The predicted octanol–water partition coefficient (Wildman–Crippen LogP) is 4.55. The lowest BCUT2D eigenvalue weighted by atomic mass is 9.97. The van der Waals surface area contributed by atoms with E-state index in [9.17, 15) is 0 Å². The Morgan fingerprint density at radius 2 is 2.05 bits per heavy atom. The molecule has 0 radical (unpaired) electrons. The largest absolute Gasteiger partial charge is 0.306 e. The molecule has 3 rings (SSSR count). The fourth-order valence-corrected chi connectivity index (χ4v) is 4.56. The summed E-state index contributed by atoms with van der Waals surface area (Å²) < 4.78 is 0. The smallest absolute Gasteiger partial charge is 0.0673 e. The maximum absolute atomic E-state index is 3.67. The Hall–Kier alpha value is -1.12. The number of nitrogens with one attached hydrogen (secondary N) is 1. The normalized spacial score (nSPS) is 15.3. The molecule has 0 saturated carbocycles. The van der Waals surface area contributed by atoms with Crippen LogP contribution in [0.25, 0.3) is 0 Å². The fourth-order valence-electron chi connectivity index (χ4n) is 3.21. The summed E-state index contributed by atoms with van der Waals surface area (Å²) in [4.78, 5) is 3.11. The van der Waals surface area contributed by atoms with Crippen LogP contribution in [0.3, 0.4) is 0 Å². The van der Waals surface area contributed by atoms with Gasteiger partial charge in [-0.25, -0.2) is 0 Å². The molecular formula is C18H23NS. The molecule has 1 aliphatic rings. The summed E-state index contributed by atoms with van der Waals surface area (Å²) in [7, 11) is 0. The SMILES string of the molecule is CCNC(c1cc2c(s1)CCC2)c1ccc(C)cc1C. The van der Waals surface area contributed by atoms with Gasteiger partial charge in [0.2, 0.25) is 0 Å². The number of hydrogen-bond acceptors (Lipinski definition) is 2. The van der Waals surface area contributed by atoms with Crippen molar-refractivity contribution in [3.05, 3.63) is 56.3 Å². The standard InChI is InChI=1S/C18H23NS/c1-4-19-18(15-9-8-12(2)10-13(15)3)17-11-14-6-5-7-16(14)20-17/h8-11,18-19H,4-7H2,1-3H3. The van der Waals surface area contributed by atoms with Crippen LogP contribution in [0.15, 0.2) is 24.3 Å². The lowest BCUT2D eigenvalue weighted by Crippen LogP contribution is -2.22. The summed E-state index contributed by atoms with van der Waals surface area (Å²) in [6.07, 6.45) is 3.90. The van der Waals surface area contributed by atoms with E-state index in [0.717, 1.165) is 6.54 Å². The molecule has 0 amide bonds. The van der Waals surface area contributed by atoms with E-state index in [1.165, 1.54) is 40.8 Å². The Morgan fingerprint density at radius 1 is 1.20 bits per heavy atom. The monoisotopic (exact) mass is 285 g/mol. The van der Waals surface area contributed by atoms with Gasteiger partial charge in [0.05, 0.1) is 6.04 Å². The third-order valence-corrected chi connectivity index (χ3v) is 5.50. The van der Waals surface area contributed by atoms with Crippen molar-refractivity contribution in [1.29, 1.82) is 0 Å². The molecule has 1 N–H and O–H groups in total. The Bertz CT molecular complexity index is 590. The third-order valence-electron chi connectivity index (χ3n) is 4.19. The Morgan fingerprint density at radius 3 is 2.75 bits per heavy atom. The van der Waals surface area contributed by atoms with Crippen LogP contribution < -0.4 is 5.32 Å². The number of thiophene rings is 1. The summed E-state index contributed by atoms with van der Waals surface area (Å²) in [5.41, 5.74) is 5.76. The highest BCUT2D eigenvalue weighted by atomic mass is 32.1. The summed E-state index contributed by atoms with van der Waals surface area (Å²) in [6.45, 7) is 7.59. The summed E-state index contributed by atoms with van der Waals surface area (Å²) >= 11 is 2.02. The zero-order valence-corrected chi connectivity index (χ0v) is 13.4. The molecule has 2 aromatic rings. The molecule has 0 fully saturated rings. The van der Waals surface area contributed by atoms with Crippen molar-refractivity contribution in [3.8, 4) is 0 Å². The van der Waals surface area contributed by atoms with E-state index in [1.807, 2.05) is 11.3 Å². The van der Waals surface area contributed by atoms with Gasteiger partial charge in [-0.1, -0.05) is 30.7 Å². The zero-order chi connectivity index (χ0) is 14.1. The molecule has 0 saturated heterocycles. The van der Waals surface area contributed by atoms with Gasteiger partial charge in [-0.2, -0.15) is 0 Å². The first-order valence-electron chi connectivity index (χ1n) is 7.61. The van der Waals surface area contributed by atoms with Crippen LogP contribution in [0.1, 0.15) is 51.4 Å². The molecule has 1 unspecified atom stereocenters. The second kappa shape index (κ2) is 5.71. The Labute approximate surface area is 126 Å². The molecule has 0 aliphatic heterocycles. The summed E-state index contributed by atoms with van der Waals surface area (Å²) in [5, 5.41) is 3.67. The van der Waals surface area contributed by atoms with E-state index in [-0.39, 0.29) is 0 Å². The van der Waals surface area contributed by atoms with Crippen LogP contribution in [0.5, 0.6) is 0 Å². The van der Waals surface area contributed by atoms with E-state index in [4.69, 9.17) is 0 Å². The molecular weight excluding hydrogens is 262 g/mol. The molecule has 106 valence electrons.